The number of nitrogens with one attached hydrogen (secondary N) is 2. The monoisotopic (exact) mass is 386 g/mol. The summed E-state index contributed by atoms with van der Waals surface area (Å²) >= 11 is 0. The molecule has 28 heavy (non-hydrogen) atoms. The Labute approximate surface area is 162 Å². The molecule has 2 N–H and O–H groups in total. The molecule has 0 bridgehead atoms. The molecule has 0 unspecified atom stereocenters. The number of hydrogen-bond donors (Lipinski definition) is 2. The van der Waals surface area contributed by atoms with E-state index in [1.807, 2.05) is 13.8 Å². The SMILES string of the molecule is COc1ccc(NC(=O)NC(=O)COC(=O)c2ccc(OC(C)C)cc2)cc1. The second-order valence-electron chi connectivity index (χ2n) is 6.00. The van der Waals surface area contributed by atoms with Gasteiger partial charge < -0.3 is 19.5 Å². The third-order valence-corrected chi connectivity index (χ3v) is 3.40. The quantitative estimate of drug-likeness (QED) is 0.709. The van der Waals surface area contributed by atoms with Crippen LogP contribution in [-0.2, 0) is 9.53 Å². The van der Waals surface area contributed by atoms with E-state index >= 15 is 0 Å². The van der Waals surface area contributed by atoms with Crippen molar-refractivity contribution < 1.29 is 28.6 Å². The molecule has 0 aliphatic carbocycles. The van der Waals surface area contributed by atoms with Crippen LogP contribution in [0.15, 0.2) is 48.5 Å². The molecule has 2 aromatic carbocycles. The lowest BCUT2D eigenvalue weighted by atomic mass is 10.2. The second kappa shape index (κ2) is 9.96. The number of methoxy groups -OCH3 is 1. The Bertz CT molecular complexity index is 816. The Kier molecular flexibility index (Phi) is 7.38. The lowest BCUT2D eigenvalue weighted by Crippen LogP contribution is -2.37. The van der Waals surface area contributed by atoms with Crippen LogP contribution >= 0.6 is 0 Å². The van der Waals surface area contributed by atoms with E-state index in [1.54, 1.807) is 36.4 Å². The highest BCUT2D eigenvalue weighted by Crippen LogP contribution is 2.15. The molecule has 8 nitrogen and oxygen atoms in total. The molecule has 8 heteroatoms. The number of anilines is 1. The summed E-state index contributed by atoms with van der Waals surface area (Å²) < 4.78 is 15.4. The molecule has 0 atom stereocenters. The number of esters is 1. The van der Waals surface area contributed by atoms with Crippen LogP contribution in [0.25, 0.3) is 0 Å². The van der Waals surface area contributed by atoms with Crippen molar-refractivity contribution in [2.75, 3.05) is 19.0 Å². The Morgan fingerprint density at radius 2 is 1.54 bits per heavy atom. The van der Waals surface area contributed by atoms with Gasteiger partial charge in [-0.2, -0.15) is 0 Å². The molecule has 0 spiro atoms. The number of carbonyl (C=O) groups excluding carboxylic acids is 3. The minimum atomic E-state index is -0.751. The fraction of sp³-hybridized carbons (Fsp3) is 0.250. The van der Waals surface area contributed by atoms with Gasteiger partial charge in [-0.3, -0.25) is 10.1 Å². The average molecular weight is 386 g/mol. The van der Waals surface area contributed by atoms with Crippen molar-refractivity contribution in [1.29, 1.82) is 0 Å². The predicted molar refractivity (Wildman–Crippen MR) is 103 cm³/mol. The molecular formula is C20H22N2O6. The lowest BCUT2D eigenvalue weighted by Gasteiger charge is -2.10. The minimum absolute atomic E-state index is 0.0190. The molecule has 3 amide bonds. The summed E-state index contributed by atoms with van der Waals surface area (Å²) in [5.41, 5.74) is 0.749. The van der Waals surface area contributed by atoms with E-state index in [0.717, 1.165) is 0 Å². The molecule has 0 aromatic heterocycles. The number of urea groups is 1. The van der Waals surface area contributed by atoms with Gasteiger partial charge >= 0.3 is 12.0 Å². The Morgan fingerprint density at radius 1 is 0.929 bits per heavy atom. The van der Waals surface area contributed by atoms with Gasteiger partial charge in [-0.05, 0) is 62.4 Å². The maximum absolute atomic E-state index is 12.0. The van der Waals surface area contributed by atoms with Crippen LogP contribution in [0.4, 0.5) is 10.5 Å². The Balaban J connectivity index is 1.77. The normalized spacial score (nSPS) is 10.1. The van der Waals surface area contributed by atoms with E-state index in [-0.39, 0.29) is 11.7 Å². The molecule has 2 aromatic rings. The van der Waals surface area contributed by atoms with Gasteiger partial charge in [0, 0.05) is 5.69 Å². The summed E-state index contributed by atoms with van der Waals surface area (Å²) in [4.78, 5) is 35.5. The van der Waals surface area contributed by atoms with E-state index in [9.17, 15) is 14.4 Å². The highest BCUT2D eigenvalue weighted by atomic mass is 16.5. The van der Waals surface area contributed by atoms with Gasteiger partial charge in [0.25, 0.3) is 5.91 Å². The number of rotatable bonds is 7. The fourth-order valence-corrected chi connectivity index (χ4v) is 2.16. The van der Waals surface area contributed by atoms with Crippen molar-refractivity contribution >= 4 is 23.6 Å². The van der Waals surface area contributed by atoms with Crippen LogP contribution < -0.4 is 20.1 Å². The van der Waals surface area contributed by atoms with Crippen molar-refractivity contribution in [3.8, 4) is 11.5 Å². The average Bonchev–Trinajstić information content (AvgIpc) is 2.66. The van der Waals surface area contributed by atoms with Gasteiger partial charge in [0.05, 0.1) is 18.8 Å². The van der Waals surface area contributed by atoms with Crippen LogP contribution in [-0.4, -0.2) is 37.7 Å². The summed E-state index contributed by atoms with van der Waals surface area (Å²) in [6.45, 7) is 3.20. The second-order valence-corrected chi connectivity index (χ2v) is 6.00. The molecule has 0 radical (unpaired) electrons. The van der Waals surface area contributed by atoms with E-state index in [0.29, 0.717) is 17.2 Å². The number of amides is 3. The minimum Gasteiger partial charge on any atom is -0.497 e. The molecular weight excluding hydrogens is 364 g/mol. The van der Waals surface area contributed by atoms with Crippen LogP contribution in [0.1, 0.15) is 24.2 Å². The topological polar surface area (TPSA) is 103 Å². The zero-order chi connectivity index (χ0) is 20.5. The van der Waals surface area contributed by atoms with Gasteiger partial charge in [0.2, 0.25) is 0 Å². The van der Waals surface area contributed by atoms with Crippen molar-refractivity contribution in [1.82, 2.24) is 5.32 Å². The fourth-order valence-electron chi connectivity index (χ4n) is 2.16. The molecule has 2 rings (SSSR count). The third-order valence-electron chi connectivity index (χ3n) is 3.40. The van der Waals surface area contributed by atoms with Crippen molar-refractivity contribution in [3.63, 3.8) is 0 Å². The Hall–Kier alpha value is -3.55. The van der Waals surface area contributed by atoms with Crippen LogP contribution in [0.5, 0.6) is 11.5 Å². The number of benzene rings is 2. The molecule has 0 aliphatic rings. The Morgan fingerprint density at radius 3 is 2.11 bits per heavy atom. The summed E-state index contributed by atoms with van der Waals surface area (Å²) in [5, 5.41) is 4.56. The summed E-state index contributed by atoms with van der Waals surface area (Å²) in [7, 11) is 1.53. The zero-order valence-corrected chi connectivity index (χ0v) is 15.9. The lowest BCUT2D eigenvalue weighted by molar-refractivity contribution is -0.123. The van der Waals surface area contributed by atoms with Gasteiger partial charge in [-0.25, -0.2) is 9.59 Å². The van der Waals surface area contributed by atoms with E-state index in [1.165, 1.54) is 19.2 Å². The standard InChI is InChI=1S/C20H22N2O6/c1-13(2)28-17-8-4-14(5-9-17)19(24)27-12-18(23)22-20(25)21-15-6-10-16(26-3)11-7-15/h4-11,13H,12H2,1-3H3,(H2,21,22,23,25). The molecule has 148 valence electrons. The van der Waals surface area contributed by atoms with Crippen molar-refractivity contribution in [2.45, 2.75) is 20.0 Å². The number of imide groups is 1. The number of ether oxygens (including phenoxy) is 3. The number of hydrogen-bond acceptors (Lipinski definition) is 6. The summed E-state index contributed by atoms with van der Waals surface area (Å²) in [6.07, 6.45) is 0.0190. The highest BCUT2D eigenvalue weighted by Gasteiger charge is 2.13. The molecule has 0 heterocycles. The van der Waals surface area contributed by atoms with Gasteiger partial charge in [0.1, 0.15) is 11.5 Å². The zero-order valence-electron chi connectivity index (χ0n) is 15.9. The van der Waals surface area contributed by atoms with E-state index in [4.69, 9.17) is 14.2 Å². The summed E-state index contributed by atoms with van der Waals surface area (Å²) in [6, 6.07) is 12.2. The van der Waals surface area contributed by atoms with Crippen molar-refractivity contribution in [2.24, 2.45) is 0 Å². The van der Waals surface area contributed by atoms with E-state index < -0.39 is 24.5 Å². The van der Waals surface area contributed by atoms with Crippen LogP contribution in [0.3, 0.4) is 0 Å². The predicted octanol–water partition coefficient (Wildman–Crippen LogP) is 2.99. The number of carbonyl (C=O) groups is 3. The van der Waals surface area contributed by atoms with Crippen molar-refractivity contribution in [3.05, 3.63) is 54.1 Å². The van der Waals surface area contributed by atoms with Crippen LogP contribution in [0, 0.1) is 0 Å². The summed E-state index contributed by atoms with van der Waals surface area (Å²) in [5.74, 6) is -0.168. The molecule has 0 saturated heterocycles. The first-order chi connectivity index (χ1) is 13.4. The third kappa shape index (κ3) is 6.64. The molecule has 0 saturated carbocycles. The largest absolute Gasteiger partial charge is 0.497 e. The maximum atomic E-state index is 12.0. The first-order valence-electron chi connectivity index (χ1n) is 8.56. The van der Waals surface area contributed by atoms with Crippen LogP contribution in [0.2, 0.25) is 0 Å². The molecule has 0 fully saturated rings. The maximum Gasteiger partial charge on any atom is 0.338 e. The smallest absolute Gasteiger partial charge is 0.338 e. The first-order valence-corrected chi connectivity index (χ1v) is 8.56. The van der Waals surface area contributed by atoms with Gasteiger partial charge in [-0.1, -0.05) is 0 Å². The first kappa shape index (κ1) is 20.8. The van der Waals surface area contributed by atoms with Gasteiger partial charge in [0.15, 0.2) is 6.61 Å². The van der Waals surface area contributed by atoms with Gasteiger partial charge in [-0.15, -0.1) is 0 Å². The highest BCUT2D eigenvalue weighted by molar-refractivity contribution is 6.02. The molecule has 0 aliphatic heterocycles. The van der Waals surface area contributed by atoms with E-state index in [2.05, 4.69) is 10.6 Å².